The third-order valence-electron chi connectivity index (χ3n) is 6.95. The van der Waals surface area contributed by atoms with Crippen molar-refractivity contribution in [3.63, 3.8) is 0 Å². The first-order valence-electron chi connectivity index (χ1n) is 13.1. The molecule has 0 aromatic heterocycles. The van der Waals surface area contributed by atoms with Crippen molar-refractivity contribution in [1.82, 2.24) is 0 Å². The van der Waals surface area contributed by atoms with Gasteiger partial charge in [0.25, 0.3) is 11.2 Å². The molecule has 0 fully saturated rings. The quantitative estimate of drug-likeness (QED) is 0.177. The monoisotopic (exact) mass is 636 g/mol. The van der Waals surface area contributed by atoms with Crippen LogP contribution in [-0.2, 0) is 39.7 Å². The Labute approximate surface area is 250 Å². The van der Waals surface area contributed by atoms with Gasteiger partial charge in [-0.3, -0.25) is 0 Å². The number of carbonyl (C=O) groups excluding carboxylic acids is 2. The second kappa shape index (κ2) is 14.1. The number of aliphatic hydroxyl groups is 2. The van der Waals surface area contributed by atoms with E-state index in [2.05, 4.69) is 4.74 Å². The number of hydrogen-bond acceptors (Lipinski definition) is 8. The molecule has 0 saturated heterocycles. The van der Waals surface area contributed by atoms with E-state index < -0.39 is 71.0 Å². The van der Waals surface area contributed by atoms with Gasteiger partial charge in [-0.1, -0.05) is 66.7 Å². The Morgan fingerprint density at radius 1 is 0.795 bits per heavy atom. The van der Waals surface area contributed by atoms with Crippen LogP contribution in [0.1, 0.15) is 38.3 Å². The van der Waals surface area contributed by atoms with Crippen molar-refractivity contribution >= 4 is 11.9 Å². The Kier molecular flexibility index (Phi) is 11.8. The number of rotatable bonds is 13. The lowest BCUT2D eigenvalue weighted by atomic mass is 9.92. The highest BCUT2D eigenvalue weighted by molar-refractivity contribution is 5.84. The van der Waals surface area contributed by atoms with Crippen LogP contribution in [0.4, 0.5) is 26.3 Å². The van der Waals surface area contributed by atoms with E-state index >= 15 is 0 Å². The Hall–Kier alpha value is -3.46. The summed E-state index contributed by atoms with van der Waals surface area (Å²) >= 11 is 0. The lowest BCUT2D eigenvalue weighted by Crippen LogP contribution is -2.54. The van der Waals surface area contributed by atoms with Gasteiger partial charge >= 0.3 is 24.3 Å². The van der Waals surface area contributed by atoms with Gasteiger partial charge < -0.3 is 29.2 Å². The van der Waals surface area contributed by atoms with E-state index in [1.807, 2.05) is 0 Å². The average Bonchev–Trinajstić information content (AvgIpc) is 2.94. The number of esters is 2. The summed E-state index contributed by atoms with van der Waals surface area (Å²) in [5, 5.41) is 20.2. The van der Waals surface area contributed by atoms with E-state index in [4.69, 9.17) is 14.2 Å². The minimum atomic E-state index is -5.38. The third-order valence-corrected chi connectivity index (χ3v) is 6.95. The zero-order chi connectivity index (χ0) is 33.6. The standard InChI is InChI=1S/C30H34F6O8/c1-19(16-17-23(37)26(2,3)40)22(44-25(39)28(42-5,30(34,35)36)21-14-10-7-11-15-21)18-43-24(38)27(41-4,29(31,32)33)20-12-8-6-9-13-20/h6-16,22-23,37,40H,17-18H2,1-5H3/b19-16+/t22-,23+,27+,28+/m0/s1. The van der Waals surface area contributed by atoms with E-state index in [1.165, 1.54) is 63.2 Å². The highest BCUT2D eigenvalue weighted by atomic mass is 19.4. The maximum atomic E-state index is 14.5. The van der Waals surface area contributed by atoms with Crippen molar-refractivity contribution in [1.29, 1.82) is 0 Å². The van der Waals surface area contributed by atoms with Gasteiger partial charge in [0.1, 0.15) is 6.61 Å². The number of benzene rings is 2. The van der Waals surface area contributed by atoms with Crippen LogP contribution < -0.4 is 0 Å². The fourth-order valence-electron chi connectivity index (χ4n) is 4.22. The molecule has 2 rings (SSSR count). The zero-order valence-corrected chi connectivity index (χ0v) is 24.5. The van der Waals surface area contributed by atoms with E-state index in [9.17, 15) is 46.1 Å². The van der Waals surface area contributed by atoms with Gasteiger partial charge in [-0.05, 0) is 32.8 Å². The van der Waals surface area contributed by atoms with Gasteiger partial charge in [0, 0.05) is 25.3 Å². The van der Waals surface area contributed by atoms with Crippen molar-refractivity contribution in [2.45, 2.75) is 68.6 Å². The topological polar surface area (TPSA) is 112 Å². The minimum Gasteiger partial charge on any atom is -0.459 e. The van der Waals surface area contributed by atoms with Crippen LogP contribution in [0.2, 0.25) is 0 Å². The first-order valence-corrected chi connectivity index (χ1v) is 13.1. The predicted octanol–water partition coefficient (Wildman–Crippen LogP) is 5.12. The first-order chi connectivity index (χ1) is 20.3. The van der Waals surface area contributed by atoms with Crippen molar-refractivity contribution in [2.75, 3.05) is 20.8 Å². The largest absolute Gasteiger partial charge is 0.459 e. The van der Waals surface area contributed by atoms with Crippen molar-refractivity contribution < 1.29 is 65.1 Å². The fraction of sp³-hybridized carbons (Fsp3) is 0.467. The molecule has 0 aliphatic rings. The summed E-state index contributed by atoms with van der Waals surface area (Å²) in [6.07, 6.45) is -13.2. The molecular formula is C30H34F6O8. The fourth-order valence-corrected chi connectivity index (χ4v) is 4.22. The molecule has 0 heterocycles. The van der Waals surface area contributed by atoms with E-state index in [-0.39, 0.29) is 12.0 Å². The molecule has 44 heavy (non-hydrogen) atoms. The Morgan fingerprint density at radius 2 is 1.20 bits per heavy atom. The summed E-state index contributed by atoms with van der Waals surface area (Å²) in [4.78, 5) is 26.4. The summed E-state index contributed by atoms with van der Waals surface area (Å²) in [6.45, 7) is 2.59. The van der Waals surface area contributed by atoms with E-state index in [0.29, 0.717) is 14.2 Å². The van der Waals surface area contributed by atoms with Crippen molar-refractivity contribution in [2.24, 2.45) is 0 Å². The molecular weight excluding hydrogens is 602 g/mol. The average molecular weight is 637 g/mol. The highest BCUT2D eigenvalue weighted by Gasteiger charge is 2.65. The molecule has 0 radical (unpaired) electrons. The molecule has 0 unspecified atom stereocenters. The second-order valence-corrected chi connectivity index (χ2v) is 10.3. The van der Waals surface area contributed by atoms with Crippen LogP contribution in [0, 0.1) is 0 Å². The number of hydrogen-bond donors (Lipinski definition) is 2. The van der Waals surface area contributed by atoms with E-state index in [1.54, 1.807) is 0 Å². The third kappa shape index (κ3) is 7.60. The predicted molar refractivity (Wildman–Crippen MR) is 144 cm³/mol. The molecule has 0 aliphatic carbocycles. The smallest absolute Gasteiger partial charge is 0.432 e. The Morgan fingerprint density at radius 3 is 1.57 bits per heavy atom. The van der Waals surface area contributed by atoms with Gasteiger partial charge in [0.2, 0.25) is 0 Å². The first kappa shape index (κ1) is 36.7. The van der Waals surface area contributed by atoms with Crippen LogP contribution in [0.5, 0.6) is 0 Å². The van der Waals surface area contributed by atoms with Crippen LogP contribution in [0.3, 0.4) is 0 Å². The summed E-state index contributed by atoms with van der Waals surface area (Å²) < 4.78 is 106. The molecule has 0 aliphatic heterocycles. The number of methoxy groups -OCH3 is 2. The number of carbonyl (C=O) groups is 2. The maximum Gasteiger partial charge on any atom is 0.432 e. The molecule has 4 atom stereocenters. The molecule has 0 bridgehead atoms. The molecule has 8 nitrogen and oxygen atoms in total. The van der Waals surface area contributed by atoms with Gasteiger partial charge in [-0.2, -0.15) is 26.3 Å². The maximum absolute atomic E-state index is 14.5. The second-order valence-electron chi connectivity index (χ2n) is 10.3. The van der Waals surface area contributed by atoms with Crippen LogP contribution in [-0.4, -0.2) is 73.1 Å². The Bertz CT molecular complexity index is 1270. The molecule has 0 saturated carbocycles. The lowest BCUT2D eigenvalue weighted by molar-refractivity contribution is -0.281. The molecule has 0 spiro atoms. The van der Waals surface area contributed by atoms with Crippen LogP contribution in [0.25, 0.3) is 0 Å². The van der Waals surface area contributed by atoms with Crippen molar-refractivity contribution in [3.8, 4) is 0 Å². The Balaban J connectivity index is 2.56. The normalized spacial score (nSPS) is 17.2. The summed E-state index contributed by atoms with van der Waals surface area (Å²) in [5.74, 6) is -3.99. The molecule has 14 heteroatoms. The van der Waals surface area contributed by atoms with Gasteiger partial charge in [0.05, 0.1) is 11.7 Å². The number of alkyl halides is 6. The summed E-state index contributed by atoms with van der Waals surface area (Å²) in [6, 6.07) is 11.5. The summed E-state index contributed by atoms with van der Waals surface area (Å²) in [5.41, 5.74) is -10.4. The highest BCUT2D eigenvalue weighted by Crippen LogP contribution is 2.44. The molecule has 2 aromatic carbocycles. The van der Waals surface area contributed by atoms with Gasteiger partial charge in [0.15, 0.2) is 6.10 Å². The van der Waals surface area contributed by atoms with Crippen LogP contribution >= 0.6 is 0 Å². The minimum absolute atomic E-state index is 0.121. The number of halogens is 6. The van der Waals surface area contributed by atoms with E-state index in [0.717, 1.165) is 24.3 Å². The van der Waals surface area contributed by atoms with Crippen molar-refractivity contribution in [3.05, 3.63) is 83.4 Å². The zero-order valence-electron chi connectivity index (χ0n) is 24.5. The lowest BCUT2D eigenvalue weighted by Gasteiger charge is -2.35. The molecule has 2 aromatic rings. The molecule has 0 amide bonds. The van der Waals surface area contributed by atoms with Gasteiger partial charge in [-0.25, -0.2) is 9.59 Å². The van der Waals surface area contributed by atoms with Gasteiger partial charge in [-0.15, -0.1) is 0 Å². The number of aliphatic hydroxyl groups excluding tert-OH is 1. The number of ether oxygens (including phenoxy) is 4. The summed E-state index contributed by atoms with van der Waals surface area (Å²) in [7, 11) is 1.24. The molecule has 244 valence electrons. The SMILES string of the molecule is CO[C@@](C(=O)OC[C@H](OC(=O)[C@](OC)(c1ccccc1)C(F)(F)F)/C(C)=C/C[C@@H](O)C(C)(C)O)(c1ccccc1)C(F)(F)F. The van der Waals surface area contributed by atoms with Crippen LogP contribution in [0.15, 0.2) is 72.3 Å². The molecule has 2 N–H and O–H groups in total.